The summed E-state index contributed by atoms with van der Waals surface area (Å²) < 4.78 is 0. The van der Waals surface area contributed by atoms with Crippen molar-refractivity contribution in [1.29, 1.82) is 0 Å². The molecule has 1 aliphatic carbocycles. The summed E-state index contributed by atoms with van der Waals surface area (Å²) in [6, 6.07) is 10.9. The van der Waals surface area contributed by atoms with Crippen molar-refractivity contribution in [1.82, 2.24) is 0 Å². The van der Waals surface area contributed by atoms with E-state index in [4.69, 9.17) is 28.3 Å². The molecule has 2 N–H and O–H groups in total. The Labute approximate surface area is 149 Å². The van der Waals surface area contributed by atoms with Gasteiger partial charge in [-0.05, 0) is 47.7 Å². The molecule has 0 fully saturated rings. The van der Waals surface area contributed by atoms with Gasteiger partial charge in [0.2, 0.25) is 0 Å². The predicted octanol–water partition coefficient (Wildman–Crippen LogP) is 5.52. The molecule has 1 aliphatic heterocycles. The fraction of sp³-hybridized carbons (Fsp3) is 0.211. The lowest BCUT2D eigenvalue weighted by molar-refractivity contribution is 0.0697. The fourth-order valence-electron chi connectivity index (χ4n) is 3.78. The molecule has 5 heteroatoms. The van der Waals surface area contributed by atoms with E-state index in [1.165, 1.54) is 0 Å². The maximum Gasteiger partial charge on any atom is 0.335 e. The SMILES string of the molecule is O=C(O)c1ccc([C@@H]2Nc3c(Cl)cc(Cl)cc3[C@@H]3C=CC[C@@H]32)cc1. The number of halogens is 2. The van der Waals surface area contributed by atoms with Gasteiger partial charge in [-0.15, -0.1) is 0 Å². The van der Waals surface area contributed by atoms with Gasteiger partial charge in [-0.3, -0.25) is 0 Å². The van der Waals surface area contributed by atoms with E-state index in [0.717, 1.165) is 23.2 Å². The molecule has 4 rings (SSSR count). The van der Waals surface area contributed by atoms with Crippen molar-refractivity contribution in [3.05, 3.63) is 75.3 Å². The number of aromatic carboxylic acids is 1. The van der Waals surface area contributed by atoms with E-state index in [1.54, 1.807) is 18.2 Å². The maximum atomic E-state index is 11.1. The van der Waals surface area contributed by atoms with Gasteiger partial charge in [0.25, 0.3) is 0 Å². The Morgan fingerprint density at radius 1 is 1.17 bits per heavy atom. The minimum absolute atomic E-state index is 0.0824. The molecule has 2 aromatic rings. The van der Waals surface area contributed by atoms with Crippen LogP contribution >= 0.6 is 23.2 Å². The normalized spacial score (nSPS) is 24.2. The van der Waals surface area contributed by atoms with Gasteiger partial charge in [-0.1, -0.05) is 47.5 Å². The number of hydrogen-bond donors (Lipinski definition) is 2. The quantitative estimate of drug-likeness (QED) is 0.694. The Balaban J connectivity index is 1.76. The summed E-state index contributed by atoms with van der Waals surface area (Å²) in [5.74, 6) is -0.286. The largest absolute Gasteiger partial charge is 0.478 e. The van der Waals surface area contributed by atoms with E-state index >= 15 is 0 Å². The van der Waals surface area contributed by atoms with Gasteiger partial charge in [-0.2, -0.15) is 0 Å². The molecule has 24 heavy (non-hydrogen) atoms. The molecule has 0 saturated heterocycles. The Morgan fingerprint density at radius 2 is 1.92 bits per heavy atom. The van der Waals surface area contributed by atoms with Crippen molar-refractivity contribution >= 4 is 34.9 Å². The first-order valence-electron chi connectivity index (χ1n) is 7.80. The standard InChI is InChI=1S/C19H15Cl2NO2/c20-12-8-15-13-2-1-3-14(13)17(22-18(15)16(21)9-12)10-4-6-11(7-5-10)19(23)24/h1-2,4-9,13-14,17,22H,3H2,(H,23,24)/t13-,14+,17+/m1/s1. The number of allylic oxidation sites excluding steroid dienone is 2. The second-order valence-corrected chi connectivity index (χ2v) is 7.10. The molecule has 0 amide bonds. The van der Waals surface area contributed by atoms with E-state index < -0.39 is 5.97 Å². The summed E-state index contributed by atoms with van der Waals surface area (Å²) in [6.45, 7) is 0. The lowest BCUT2D eigenvalue weighted by atomic mass is 9.77. The second-order valence-electron chi connectivity index (χ2n) is 6.25. The lowest BCUT2D eigenvalue weighted by Crippen LogP contribution is -2.29. The van der Waals surface area contributed by atoms with Crippen LogP contribution in [0.3, 0.4) is 0 Å². The maximum absolute atomic E-state index is 11.1. The summed E-state index contributed by atoms with van der Waals surface area (Å²) >= 11 is 12.6. The number of carboxylic acids is 1. The molecular formula is C19H15Cl2NO2. The highest BCUT2D eigenvalue weighted by molar-refractivity contribution is 6.36. The first-order chi connectivity index (χ1) is 11.5. The molecule has 2 aromatic carbocycles. The number of carboxylic acid groups (broad SMARTS) is 1. The Kier molecular flexibility index (Phi) is 3.78. The lowest BCUT2D eigenvalue weighted by Gasteiger charge is -2.38. The van der Waals surface area contributed by atoms with Crippen LogP contribution in [0.1, 0.15) is 39.9 Å². The first-order valence-corrected chi connectivity index (χ1v) is 8.55. The van der Waals surface area contributed by atoms with Crippen LogP contribution in [0.15, 0.2) is 48.6 Å². The van der Waals surface area contributed by atoms with Crippen LogP contribution in [-0.4, -0.2) is 11.1 Å². The Hall–Kier alpha value is -1.97. The van der Waals surface area contributed by atoms with Crippen LogP contribution in [0.2, 0.25) is 10.0 Å². The number of hydrogen-bond acceptors (Lipinski definition) is 2. The van der Waals surface area contributed by atoms with Gasteiger partial charge in [0.1, 0.15) is 0 Å². The van der Waals surface area contributed by atoms with Crippen molar-refractivity contribution in [2.75, 3.05) is 5.32 Å². The molecule has 0 bridgehead atoms. The third-order valence-corrected chi connectivity index (χ3v) is 5.42. The number of anilines is 1. The highest BCUT2D eigenvalue weighted by atomic mass is 35.5. The number of carbonyl (C=O) groups is 1. The summed E-state index contributed by atoms with van der Waals surface area (Å²) in [5, 5.41) is 13.9. The second kappa shape index (κ2) is 5.83. The van der Waals surface area contributed by atoms with Gasteiger partial charge >= 0.3 is 5.97 Å². The third-order valence-electron chi connectivity index (χ3n) is 4.90. The van der Waals surface area contributed by atoms with Crippen molar-refractivity contribution < 1.29 is 9.90 Å². The zero-order valence-corrected chi connectivity index (χ0v) is 14.2. The number of benzene rings is 2. The minimum Gasteiger partial charge on any atom is -0.478 e. The van der Waals surface area contributed by atoms with E-state index in [1.807, 2.05) is 18.2 Å². The summed E-state index contributed by atoms with van der Waals surface area (Å²) in [6.07, 6.45) is 5.38. The average Bonchev–Trinajstić information content (AvgIpc) is 3.04. The molecule has 2 aliphatic rings. The van der Waals surface area contributed by atoms with Crippen molar-refractivity contribution in [2.24, 2.45) is 5.92 Å². The zero-order valence-electron chi connectivity index (χ0n) is 12.7. The van der Waals surface area contributed by atoms with Crippen molar-refractivity contribution in [3.8, 4) is 0 Å². The van der Waals surface area contributed by atoms with E-state index in [-0.39, 0.29) is 12.0 Å². The Bertz CT molecular complexity index is 845. The monoisotopic (exact) mass is 359 g/mol. The highest BCUT2D eigenvalue weighted by Gasteiger charge is 2.38. The number of fused-ring (bicyclic) bond motifs is 3. The average molecular weight is 360 g/mol. The van der Waals surface area contributed by atoms with Gasteiger partial charge in [0, 0.05) is 10.9 Å². The third kappa shape index (κ3) is 2.48. The van der Waals surface area contributed by atoms with Crippen LogP contribution < -0.4 is 5.32 Å². The van der Waals surface area contributed by atoms with Gasteiger partial charge in [-0.25, -0.2) is 4.79 Å². The van der Waals surface area contributed by atoms with Crippen LogP contribution in [0.5, 0.6) is 0 Å². The highest BCUT2D eigenvalue weighted by Crippen LogP contribution is 2.52. The van der Waals surface area contributed by atoms with Crippen LogP contribution in [0.4, 0.5) is 5.69 Å². The molecule has 3 nitrogen and oxygen atoms in total. The Morgan fingerprint density at radius 3 is 2.62 bits per heavy atom. The van der Waals surface area contributed by atoms with Crippen LogP contribution in [0.25, 0.3) is 0 Å². The van der Waals surface area contributed by atoms with Crippen LogP contribution in [0, 0.1) is 5.92 Å². The molecule has 0 radical (unpaired) electrons. The molecule has 0 saturated carbocycles. The summed E-state index contributed by atoms with van der Waals surface area (Å²) in [7, 11) is 0. The molecule has 0 unspecified atom stereocenters. The zero-order chi connectivity index (χ0) is 16.8. The molecule has 122 valence electrons. The van der Waals surface area contributed by atoms with E-state index in [0.29, 0.717) is 21.5 Å². The molecule has 0 aromatic heterocycles. The van der Waals surface area contributed by atoms with Gasteiger partial charge in [0.15, 0.2) is 0 Å². The molecule has 0 spiro atoms. The number of rotatable bonds is 2. The molecule has 3 atom stereocenters. The summed E-state index contributed by atoms with van der Waals surface area (Å²) in [4.78, 5) is 11.1. The number of nitrogens with one attached hydrogen (secondary N) is 1. The first kappa shape index (κ1) is 15.6. The van der Waals surface area contributed by atoms with Gasteiger partial charge < -0.3 is 10.4 Å². The predicted molar refractivity (Wildman–Crippen MR) is 96.2 cm³/mol. The van der Waals surface area contributed by atoms with E-state index in [9.17, 15) is 4.79 Å². The minimum atomic E-state index is -0.915. The summed E-state index contributed by atoms with van der Waals surface area (Å²) in [5.41, 5.74) is 3.40. The fourth-order valence-corrected chi connectivity index (χ4v) is 4.35. The molecule has 1 heterocycles. The van der Waals surface area contributed by atoms with E-state index in [2.05, 4.69) is 17.5 Å². The van der Waals surface area contributed by atoms with Crippen molar-refractivity contribution in [2.45, 2.75) is 18.4 Å². The van der Waals surface area contributed by atoms with Gasteiger partial charge in [0.05, 0.1) is 22.3 Å². The van der Waals surface area contributed by atoms with Crippen molar-refractivity contribution in [3.63, 3.8) is 0 Å². The smallest absolute Gasteiger partial charge is 0.335 e. The molecular weight excluding hydrogens is 345 g/mol. The van der Waals surface area contributed by atoms with Crippen LogP contribution in [-0.2, 0) is 0 Å². The topological polar surface area (TPSA) is 49.3 Å².